The van der Waals surface area contributed by atoms with Gasteiger partial charge in [0.05, 0.1) is 6.67 Å². The highest BCUT2D eigenvalue weighted by Crippen LogP contribution is 2.27. The molecule has 2 aliphatic rings. The zero-order valence-electron chi connectivity index (χ0n) is 10.7. The third-order valence-corrected chi connectivity index (χ3v) is 3.86. The molecule has 1 aromatic rings. The second-order valence-corrected chi connectivity index (χ2v) is 5.08. The Hall–Kier alpha value is -1.32. The summed E-state index contributed by atoms with van der Waals surface area (Å²) < 4.78 is 0. The van der Waals surface area contributed by atoms with Crippen LogP contribution >= 0.6 is 0 Å². The van der Waals surface area contributed by atoms with Crippen molar-refractivity contribution in [2.75, 3.05) is 31.2 Å². The lowest BCUT2D eigenvalue weighted by Gasteiger charge is -2.26. The molecule has 2 N–H and O–H groups in total. The molecule has 96 valence electrons. The van der Waals surface area contributed by atoms with Crippen LogP contribution in [0, 0.1) is 0 Å². The largest absolute Gasteiger partial charge is 0.335 e. The monoisotopic (exact) mass is 243 g/mol. The molecule has 2 heterocycles. The van der Waals surface area contributed by atoms with Gasteiger partial charge < -0.3 is 10.2 Å². The summed E-state index contributed by atoms with van der Waals surface area (Å²) in [6.45, 7) is 4.20. The molecule has 0 bridgehead atoms. The number of piperidine rings is 1. The van der Waals surface area contributed by atoms with Gasteiger partial charge in [-0.15, -0.1) is 0 Å². The molecule has 0 amide bonds. The van der Waals surface area contributed by atoms with Gasteiger partial charge in [-0.3, -0.25) is 5.32 Å². The third kappa shape index (κ3) is 2.57. The van der Waals surface area contributed by atoms with Crippen molar-refractivity contribution in [3.05, 3.63) is 42.1 Å². The molecule has 0 aromatic heterocycles. The van der Waals surface area contributed by atoms with E-state index in [9.17, 15) is 0 Å². The van der Waals surface area contributed by atoms with E-state index in [1.54, 1.807) is 0 Å². The lowest BCUT2D eigenvalue weighted by molar-refractivity contribution is 0.460. The topological polar surface area (TPSA) is 27.3 Å². The molecule has 3 rings (SSSR count). The molecule has 3 nitrogen and oxygen atoms in total. The van der Waals surface area contributed by atoms with Crippen LogP contribution in [0.3, 0.4) is 0 Å². The smallest absolute Gasteiger partial charge is 0.0728 e. The van der Waals surface area contributed by atoms with Crippen LogP contribution in [-0.4, -0.2) is 26.3 Å². The van der Waals surface area contributed by atoms with Crippen molar-refractivity contribution in [1.82, 2.24) is 10.6 Å². The zero-order valence-corrected chi connectivity index (χ0v) is 10.7. The number of nitrogens with zero attached hydrogens (tertiary/aromatic N) is 1. The van der Waals surface area contributed by atoms with E-state index in [0.717, 1.165) is 32.2 Å². The fourth-order valence-electron chi connectivity index (χ4n) is 2.77. The summed E-state index contributed by atoms with van der Waals surface area (Å²) >= 11 is 0. The van der Waals surface area contributed by atoms with Crippen molar-refractivity contribution >= 4 is 5.69 Å². The van der Waals surface area contributed by atoms with Crippen LogP contribution in [0.4, 0.5) is 5.69 Å². The summed E-state index contributed by atoms with van der Waals surface area (Å²) in [5, 5.41) is 6.76. The second-order valence-electron chi connectivity index (χ2n) is 5.08. The van der Waals surface area contributed by atoms with Gasteiger partial charge in [0.25, 0.3) is 0 Å². The van der Waals surface area contributed by atoms with E-state index < -0.39 is 0 Å². The fraction of sp³-hybridized carbons (Fsp3) is 0.467. The molecule has 18 heavy (non-hydrogen) atoms. The molecule has 0 radical (unpaired) electrons. The number of hydrogen-bond donors (Lipinski definition) is 2. The standard InChI is InChI=1S/C15H21N3/c1-8-17-12-18(11-1)15-4-2-13(3-5-15)14-6-9-16-10-7-14/h1-5,11,14,16-17H,6-10,12H2. The Morgan fingerprint density at radius 3 is 2.44 bits per heavy atom. The van der Waals surface area contributed by atoms with Crippen LogP contribution in [0.5, 0.6) is 0 Å². The molecule has 0 aliphatic carbocycles. The molecule has 3 heteroatoms. The van der Waals surface area contributed by atoms with E-state index in [0.29, 0.717) is 0 Å². The van der Waals surface area contributed by atoms with Crippen LogP contribution in [0.1, 0.15) is 24.3 Å². The Morgan fingerprint density at radius 1 is 1.00 bits per heavy atom. The molecule has 2 aliphatic heterocycles. The maximum absolute atomic E-state index is 3.42. The minimum Gasteiger partial charge on any atom is -0.335 e. The number of hydrogen-bond acceptors (Lipinski definition) is 3. The van der Waals surface area contributed by atoms with Crippen molar-refractivity contribution in [1.29, 1.82) is 0 Å². The summed E-state index contributed by atoms with van der Waals surface area (Å²) in [5.74, 6) is 0.746. The van der Waals surface area contributed by atoms with Crippen molar-refractivity contribution in [3.63, 3.8) is 0 Å². The zero-order chi connectivity index (χ0) is 12.2. The Bertz CT molecular complexity index is 404. The fourth-order valence-corrected chi connectivity index (χ4v) is 2.77. The van der Waals surface area contributed by atoms with E-state index in [-0.39, 0.29) is 0 Å². The molecule has 1 fully saturated rings. The van der Waals surface area contributed by atoms with Gasteiger partial charge in [-0.2, -0.15) is 0 Å². The first kappa shape index (κ1) is 11.8. The summed E-state index contributed by atoms with van der Waals surface area (Å²) in [4.78, 5) is 2.25. The molecule has 0 unspecified atom stereocenters. The van der Waals surface area contributed by atoms with E-state index in [1.807, 2.05) is 0 Å². The van der Waals surface area contributed by atoms with Crippen LogP contribution in [0.2, 0.25) is 0 Å². The Balaban J connectivity index is 1.71. The van der Waals surface area contributed by atoms with Gasteiger partial charge in [0.1, 0.15) is 0 Å². The predicted octanol–water partition coefficient (Wildman–Crippen LogP) is 2.03. The quantitative estimate of drug-likeness (QED) is 0.832. The number of benzene rings is 1. The summed E-state index contributed by atoms with van der Waals surface area (Å²) in [6.07, 6.45) is 6.86. The van der Waals surface area contributed by atoms with Gasteiger partial charge in [-0.25, -0.2) is 0 Å². The molecule has 0 spiro atoms. The van der Waals surface area contributed by atoms with Crippen molar-refractivity contribution in [3.8, 4) is 0 Å². The lowest BCUT2D eigenvalue weighted by Crippen LogP contribution is -2.34. The molecule has 1 saturated heterocycles. The first-order valence-corrected chi connectivity index (χ1v) is 6.88. The Labute approximate surface area is 109 Å². The summed E-state index contributed by atoms with van der Waals surface area (Å²) in [5.41, 5.74) is 2.77. The van der Waals surface area contributed by atoms with Gasteiger partial charge in [-0.1, -0.05) is 18.2 Å². The van der Waals surface area contributed by atoms with Gasteiger partial charge in [0, 0.05) is 18.4 Å². The maximum atomic E-state index is 3.42. The minimum absolute atomic E-state index is 0.746. The molecular weight excluding hydrogens is 222 g/mol. The highest BCUT2D eigenvalue weighted by molar-refractivity contribution is 5.51. The summed E-state index contributed by atoms with van der Waals surface area (Å²) in [6, 6.07) is 9.09. The highest BCUT2D eigenvalue weighted by Gasteiger charge is 2.15. The maximum Gasteiger partial charge on any atom is 0.0728 e. The van der Waals surface area contributed by atoms with Crippen LogP contribution < -0.4 is 15.5 Å². The average Bonchev–Trinajstić information content (AvgIpc) is 2.49. The van der Waals surface area contributed by atoms with Crippen LogP contribution in [0.25, 0.3) is 0 Å². The normalized spacial score (nSPS) is 21.2. The number of nitrogens with one attached hydrogen (secondary N) is 2. The van der Waals surface area contributed by atoms with E-state index in [2.05, 4.69) is 52.1 Å². The van der Waals surface area contributed by atoms with Crippen LogP contribution in [-0.2, 0) is 0 Å². The molecule has 1 aromatic carbocycles. The molecular formula is C15H21N3. The SMILES string of the molecule is C1=CN(c2ccc(C3CCNCC3)cc2)CNC1. The van der Waals surface area contributed by atoms with Gasteiger partial charge in [0.15, 0.2) is 0 Å². The number of anilines is 1. The first-order chi connectivity index (χ1) is 8.93. The lowest BCUT2D eigenvalue weighted by atomic mass is 9.90. The average molecular weight is 243 g/mol. The predicted molar refractivity (Wildman–Crippen MR) is 75.8 cm³/mol. The van der Waals surface area contributed by atoms with Gasteiger partial charge >= 0.3 is 0 Å². The second kappa shape index (κ2) is 5.55. The molecule has 0 atom stereocenters. The first-order valence-electron chi connectivity index (χ1n) is 6.88. The van der Waals surface area contributed by atoms with Crippen molar-refractivity contribution in [2.24, 2.45) is 0 Å². The van der Waals surface area contributed by atoms with E-state index >= 15 is 0 Å². The Kier molecular flexibility index (Phi) is 3.62. The summed E-state index contributed by atoms with van der Waals surface area (Å²) in [7, 11) is 0. The van der Waals surface area contributed by atoms with Crippen molar-refractivity contribution in [2.45, 2.75) is 18.8 Å². The van der Waals surface area contributed by atoms with Gasteiger partial charge in [-0.05, 0) is 49.5 Å². The Morgan fingerprint density at radius 2 is 1.78 bits per heavy atom. The number of rotatable bonds is 2. The van der Waals surface area contributed by atoms with Gasteiger partial charge in [0.2, 0.25) is 0 Å². The van der Waals surface area contributed by atoms with E-state index in [1.165, 1.54) is 24.1 Å². The van der Waals surface area contributed by atoms with Crippen LogP contribution in [0.15, 0.2) is 36.5 Å². The van der Waals surface area contributed by atoms with E-state index in [4.69, 9.17) is 0 Å². The highest BCUT2D eigenvalue weighted by atomic mass is 15.2. The third-order valence-electron chi connectivity index (χ3n) is 3.86. The minimum atomic E-state index is 0.746. The van der Waals surface area contributed by atoms with Crippen molar-refractivity contribution < 1.29 is 0 Å². The molecule has 0 saturated carbocycles.